The standard InChI is InChI=1S/C13H23NO2S/c1-9-6-14(7-10(9)12(15)16)11-8-17-5-4-13(11,2)3/h9-11H,4-8H2,1-3H3,(H,15,16). The summed E-state index contributed by atoms with van der Waals surface area (Å²) in [5.41, 5.74) is 0.332. The number of carboxylic acid groups (broad SMARTS) is 1. The maximum absolute atomic E-state index is 11.2. The Labute approximate surface area is 108 Å². The van der Waals surface area contributed by atoms with E-state index in [-0.39, 0.29) is 11.8 Å². The van der Waals surface area contributed by atoms with Crippen LogP contribution in [0, 0.1) is 17.3 Å². The summed E-state index contributed by atoms with van der Waals surface area (Å²) in [6, 6.07) is 0.549. The molecule has 2 saturated heterocycles. The highest BCUT2D eigenvalue weighted by atomic mass is 32.2. The number of aliphatic carboxylic acids is 1. The molecule has 0 bridgehead atoms. The van der Waals surface area contributed by atoms with Crippen molar-refractivity contribution >= 4 is 17.7 Å². The Morgan fingerprint density at radius 1 is 1.41 bits per heavy atom. The SMILES string of the molecule is CC1CN(C2CSCCC2(C)C)CC1C(=O)O. The first-order chi connectivity index (χ1) is 7.92. The van der Waals surface area contributed by atoms with Crippen LogP contribution in [-0.4, -0.2) is 46.6 Å². The smallest absolute Gasteiger partial charge is 0.308 e. The van der Waals surface area contributed by atoms with Crippen LogP contribution < -0.4 is 0 Å². The van der Waals surface area contributed by atoms with Gasteiger partial charge in [0.15, 0.2) is 0 Å². The molecular formula is C13H23NO2S. The van der Waals surface area contributed by atoms with Crippen molar-refractivity contribution in [2.24, 2.45) is 17.3 Å². The predicted molar refractivity (Wildman–Crippen MR) is 71.4 cm³/mol. The Morgan fingerprint density at radius 2 is 2.12 bits per heavy atom. The van der Waals surface area contributed by atoms with E-state index >= 15 is 0 Å². The number of rotatable bonds is 2. The molecular weight excluding hydrogens is 234 g/mol. The van der Waals surface area contributed by atoms with E-state index in [4.69, 9.17) is 0 Å². The molecule has 0 aliphatic carbocycles. The van der Waals surface area contributed by atoms with Crippen LogP contribution in [-0.2, 0) is 4.79 Å². The summed E-state index contributed by atoms with van der Waals surface area (Å²) in [5, 5.41) is 9.20. The third-order valence-corrected chi connectivity index (χ3v) is 5.51. The molecule has 0 radical (unpaired) electrons. The van der Waals surface area contributed by atoms with Gasteiger partial charge in [-0.05, 0) is 23.5 Å². The lowest BCUT2D eigenvalue weighted by molar-refractivity contribution is -0.142. The lowest BCUT2D eigenvalue weighted by Gasteiger charge is -2.43. The van der Waals surface area contributed by atoms with Crippen molar-refractivity contribution in [2.45, 2.75) is 33.2 Å². The highest BCUT2D eigenvalue weighted by Crippen LogP contribution is 2.40. The summed E-state index contributed by atoms with van der Waals surface area (Å²) in [7, 11) is 0. The Bertz CT molecular complexity index is 306. The van der Waals surface area contributed by atoms with Crippen molar-refractivity contribution in [3.05, 3.63) is 0 Å². The van der Waals surface area contributed by atoms with Gasteiger partial charge in [-0.2, -0.15) is 11.8 Å². The normalized spacial score (nSPS) is 38.2. The minimum atomic E-state index is -0.624. The molecule has 0 aromatic heterocycles. The predicted octanol–water partition coefficient (Wildman–Crippen LogP) is 2.17. The van der Waals surface area contributed by atoms with E-state index in [1.807, 2.05) is 11.8 Å². The van der Waals surface area contributed by atoms with Crippen LogP contribution in [0.3, 0.4) is 0 Å². The fourth-order valence-corrected chi connectivity index (χ4v) is 4.82. The van der Waals surface area contributed by atoms with E-state index in [9.17, 15) is 9.90 Å². The van der Waals surface area contributed by atoms with Gasteiger partial charge in [0.1, 0.15) is 0 Å². The number of carboxylic acids is 1. The van der Waals surface area contributed by atoms with Gasteiger partial charge in [0.2, 0.25) is 0 Å². The molecule has 2 rings (SSSR count). The first kappa shape index (κ1) is 13.2. The summed E-state index contributed by atoms with van der Waals surface area (Å²) in [4.78, 5) is 13.6. The lowest BCUT2D eigenvalue weighted by Crippen LogP contribution is -2.48. The minimum Gasteiger partial charge on any atom is -0.481 e. The average Bonchev–Trinajstić information content (AvgIpc) is 2.59. The van der Waals surface area contributed by atoms with Crippen molar-refractivity contribution in [3.63, 3.8) is 0 Å². The number of hydrogen-bond donors (Lipinski definition) is 1. The highest BCUT2D eigenvalue weighted by molar-refractivity contribution is 7.99. The molecule has 2 aliphatic rings. The van der Waals surface area contributed by atoms with E-state index in [1.165, 1.54) is 12.2 Å². The van der Waals surface area contributed by atoms with Gasteiger partial charge in [-0.25, -0.2) is 0 Å². The number of nitrogens with zero attached hydrogens (tertiary/aromatic N) is 1. The zero-order valence-corrected chi connectivity index (χ0v) is 11.8. The van der Waals surface area contributed by atoms with Crippen LogP contribution in [0.15, 0.2) is 0 Å². The molecule has 0 amide bonds. The maximum atomic E-state index is 11.2. The third-order valence-electron chi connectivity index (χ3n) is 4.47. The molecule has 3 unspecified atom stereocenters. The molecule has 17 heavy (non-hydrogen) atoms. The Morgan fingerprint density at radius 3 is 2.65 bits per heavy atom. The Hall–Kier alpha value is -0.220. The zero-order valence-electron chi connectivity index (χ0n) is 11.0. The molecule has 0 saturated carbocycles. The van der Waals surface area contributed by atoms with Crippen LogP contribution in [0.1, 0.15) is 27.2 Å². The second-order valence-electron chi connectivity index (χ2n) is 6.21. The second kappa shape index (κ2) is 4.81. The topological polar surface area (TPSA) is 40.5 Å². The zero-order chi connectivity index (χ0) is 12.6. The van der Waals surface area contributed by atoms with Crippen molar-refractivity contribution in [3.8, 4) is 0 Å². The molecule has 2 aliphatic heterocycles. The summed E-state index contributed by atoms with van der Waals surface area (Å²) >= 11 is 2.01. The highest BCUT2D eigenvalue weighted by Gasteiger charge is 2.43. The van der Waals surface area contributed by atoms with Crippen LogP contribution >= 0.6 is 11.8 Å². The van der Waals surface area contributed by atoms with Gasteiger partial charge < -0.3 is 5.11 Å². The van der Waals surface area contributed by atoms with E-state index in [2.05, 4.69) is 25.7 Å². The molecule has 2 fully saturated rings. The molecule has 3 atom stereocenters. The summed E-state index contributed by atoms with van der Waals surface area (Å²) in [5.74, 6) is 1.90. The van der Waals surface area contributed by atoms with Gasteiger partial charge in [0, 0.05) is 24.9 Å². The molecule has 0 aromatic rings. The molecule has 1 N–H and O–H groups in total. The third kappa shape index (κ3) is 2.63. The van der Waals surface area contributed by atoms with Crippen LogP contribution in [0.25, 0.3) is 0 Å². The van der Waals surface area contributed by atoms with Gasteiger partial charge in [-0.3, -0.25) is 9.69 Å². The molecule has 0 spiro atoms. The monoisotopic (exact) mass is 257 g/mol. The molecule has 4 heteroatoms. The van der Waals surface area contributed by atoms with E-state index in [0.717, 1.165) is 18.8 Å². The van der Waals surface area contributed by atoms with Gasteiger partial charge in [0.25, 0.3) is 0 Å². The van der Waals surface area contributed by atoms with Gasteiger partial charge in [-0.15, -0.1) is 0 Å². The molecule has 3 nitrogen and oxygen atoms in total. The van der Waals surface area contributed by atoms with Crippen molar-refractivity contribution in [1.82, 2.24) is 4.90 Å². The number of carbonyl (C=O) groups is 1. The van der Waals surface area contributed by atoms with Crippen molar-refractivity contribution < 1.29 is 9.90 Å². The Kier molecular flexibility index (Phi) is 3.74. The van der Waals surface area contributed by atoms with Crippen molar-refractivity contribution in [1.29, 1.82) is 0 Å². The summed E-state index contributed by atoms with van der Waals surface area (Å²) < 4.78 is 0. The van der Waals surface area contributed by atoms with E-state index in [0.29, 0.717) is 11.5 Å². The fraction of sp³-hybridized carbons (Fsp3) is 0.923. The van der Waals surface area contributed by atoms with Gasteiger partial charge in [0.05, 0.1) is 5.92 Å². The van der Waals surface area contributed by atoms with E-state index < -0.39 is 5.97 Å². The number of hydrogen-bond acceptors (Lipinski definition) is 3. The van der Waals surface area contributed by atoms with Crippen LogP contribution in [0.2, 0.25) is 0 Å². The van der Waals surface area contributed by atoms with Crippen LogP contribution in [0.5, 0.6) is 0 Å². The second-order valence-corrected chi connectivity index (χ2v) is 7.36. The summed E-state index contributed by atoms with van der Waals surface area (Å²) in [6.45, 7) is 8.42. The first-order valence-corrected chi connectivity index (χ1v) is 7.62. The molecule has 98 valence electrons. The molecule has 0 aromatic carbocycles. The molecule has 2 heterocycles. The maximum Gasteiger partial charge on any atom is 0.308 e. The fourth-order valence-electron chi connectivity index (χ4n) is 3.10. The van der Waals surface area contributed by atoms with Gasteiger partial charge >= 0.3 is 5.97 Å². The Balaban J connectivity index is 2.06. The number of thioether (sulfide) groups is 1. The van der Waals surface area contributed by atoms with E-state index in [1.54, 1.807) is 0 Å². The minimum absolute atomic E-state index is 0.169. The summed E-state index contributed by atoms with van der Waals surface area (Å²) in [6.07, 6.45) is 1.24. The largest absolute Gasteiger partial charge is 0.481 e. The van der Waals surface area contributed by atoms with Gasteiger partial charge in [-0.1, -0.05) is 20.8 Å². The average molecular weight is 257 g/mol. The van der Waals surface area contributed by atoms with Crippen LogP contribution in [0.4, 0.5) is 0 Å². The first-order valence-electron chi connectivity index (χ1n) is 6.46. The quantitative estimate of drug-likeness (QED) is 0.823. The number of likely N-dealkylation sites (tertiary alicyclic amines) is 1. The van der Waals surface area contributed by atoms with Crippen molar-refractivity contribution in [2.75, 3.05) is 24.6 Å². The lowest BCUT2D eigenvalue weighted by atomic mass is 9.81.